The minimum Gasteiger partial charge on any atom is -0.335 e. The molecule has 1 aromatic heterocycles. The molecule has 3 nitrogen and oxygen atoms in total. The highest BCUT2D eigenvalue weighted by molar-refractivity contribution is 9.10. The molecular formula is C10H8BrF2N3. The van der Waals surface area contributed by atoms with Crippen molar-refractivity contribution in [2.24, 2.45) is 5.73 Å². The van der Waals surface area contributed by atoms with Gasteiger partial charge in [-0.25, -0.2) is 13.8 Å². The zero-order chi connectivity index (χ0) is 11.7. The third-order valence-corrected chi connectivity index (χ3v) is 2.66. The van der Waals surface area contributed by atoms with Gasteiger partial charge in [-0.15, -0.1) is 0 Å². The SMILES string of the molecule is NCc1nc(-c2ccc(F)cc2F)c(Br)[nH]1. The molecule has 0 aliphatic heterocycles. The van der Waals surface area contributed by atoms with Gasteiger partial charge in [0.05, 0.1) is 6.54 Å². The molecule has 0 bridgehead atoms. The lowest BCUT2D eigenvalue weighted by Gasteiger charge is -1.99. The third kappa shape index (κ3) is 1.98. The van der Waals surface area contributed by atoms with Gasteiger partial charge in [-0.3, -0.25) is 0 Å². The number of hydrogen-bond acceptors (Lipinski definition) is 2. The van der Waals surface area contributed by atoms with Crippen molar-refractivity contribution in [3.05, 3.63) is 40.3 Å². The normalized spacial score (nSPS) is 10.8. The van der Waals surface area contributed by atoms with E-state index in [9.17, 15) is 8.78 Å². The topological polar surface area (TPSA) is 54.7 Å². The molecule has 0 aliphatic carbocycles. The van der Waals surface area contributed by atoms with E-state index in [-0.39, 0.29) is 12.1 Å². The number of rotatable bonds is 2. The number of nitrogens with zero attached hydrogens (tertiary/aromatic N) is 1. The smallest absolute Gasteiger partial charge is 0.135 e. The molecule has 16 heavy (non-hydrogen) atoms. The summed E-state index contributed by atoms with van der Waals surface area (Å²) >= 11 is 3.21. The molecule has 0 spiro atoms. The molecule has 0 saturated heterocycles. The minimum absolute atomic E-state index is 0.224. The van der Waals surface area contributed by atoms with Crippen molar-refractivity contribution in [1.29, 1.82) is 0 Å². The Morgan fingerprint density at radius 1 is 1.38 bits per heavy atom. The van der Waals surface area contributed by atoms with Crippen molar-refractivity contribution in [2.75, 3.05) is 0 Å². The molecule has 0 unspecified atom stereocenters. The Morgan fingerprint density at radius 2 is 2.12 bits per heavy atom. The van der Waals surface area contributed by atoms with Gasteiger partial charge in [0.2, 0.25) is 0 Å². The Hall–Kier alpha value is -1.27. The average molecular weight is 288 g/mol. The van der Waals surface area contributed by atoms with E-state index in [0.717, 1.165) is 6.07 Å². The van der Waals surface area contributed by atoms with Gasteiger partial charge in [-0.1, -0.05) is 0 Å². The molecule has 1 aromatic carbocycles. The lowest BCUT2D eigenvalue weighted by Crippen LogP contribution is -1.98. The molecule has 0 amide bonds. The second-order valence-electron chi connectivity index (χ2n) is 3.17. The van der Waals surface area contributed by atoms with Gasteiger partial charge in [-0.05, 0) is 28.1 Å². The van der Waals surface area contributed by atoms with Crippen molar-refractivity contribution in [3.63, 3.8) is 0 Å². The highest BCUT2D eigenvalue weighted by Gasteiger charge is 2.13. The summed E-state index contributed by atoms with van der Waals surface area (Å²) in [7, 11) is 0. The number of aromatic nitrogens is 2. The van der Waals surface area contributed by atoms with Gasteiger partial charge >= 0.3 is 0 Å². The maximum atomic E-state index is 13.5. The Morgan fingerprint density at radius 3 is 2.69 bits per heavy atom. The van der Waals surface area contributed by atoms with E-state index in [1.807, 2.05) is 0 Å². The zero-order valence-corrected chi connectivity index (χ0v) is 9.68. The predicted molar refractivity (Wildman–Crippen MR) is 59.5 cm³/mol. The van der Waals surface area contributed by atoms with Crippen molar-refractivity contribution in [3.8, 4) is 11.3 Å². The van der Waals surface area contributed by atoms with Crippen LogP contribution in [0.15, 0.2) is 22.8 Å². The first-order valence-corrected chi connectivity index (χ1v) is 5.31. The Kier molecular flexibility index (Phi) is 3.02. The van der Waals surface area contributed by atoms with Crippen LogP contribution >= 0.6 is 15.9 Å². The zero-order valence-electron chi connectivity index (χ0n) is 8.10. The van der Waals surface area contributed by atoms with Crippen LogP contribution in [0.2, 0.25) is 0 Å². The van der Waals surface area contributed by atoms with E-state index in [1.54, 1.807) is 0 Å². The van der Waals surface area contributed by atoms with Crippen LogP contribution in [-0.4, -0.2) is 9.97 Å². The van der Waals surface area contributed by atoms with Gasteiger partial charge < -0.3 is 10.7 Å². The molecule has 0 saturated carbocycles. The summed E-state index contributed by atoms with van der Waals surface area (Å²) in [6.45, 7) is 0.224. The number of aromatic amines is 1. The number of imidazole rings is 1. The second kappa shape index (κ2) is 4.31. The van der Waals surface area contributed by atoms with Crippen LogP contribution in [0, 0.1) is 11.6 Å². The first-order chi connectivity index (χ1) is 7.61. The lowest BCUT2D eigenvalue weighted by atomic mass is 10.1. The highest BCUT2D eigenvalue weighted by Crippen LogP contribution is 2.28. The Bertz CT molecular complexity index is 525. The fourth-order valence-corrected chi connectivity index (χ4v) is 1.89. The summed E-state index contributed by atoms with van der Waals surface area (Å²) < 4.78 is 26.7. The number of halogens is 3. The van der Waals surface area contributed by atoms with Gasteiger partial charge in [0.15, 0.2) is 0 Å². The average Bonchev–Trinajstić information content (AvgIpc) is 2.60. The largest absolute Gasteiger partial charge is 0.335 e. The summed E-state index contributed by atoms with van der Waals surface area (Å²) in [6.07, 6.45) is 0. The summed E-state index contributed by atoms with van der Waals surface area (Å²) in [5.41, 5.74) is 6.02. The van der Waals surface area contributed by atoms with Crippen LogP contribution in [0.5, 0.6) is 0 Å². The lowest BCUT2D eigenvalue weighted by molar-refractivity contribution is 0.585. The van der Waals surface area contributed by atoms with E-state index >= 15 is 0 Å². The van der Waals surface area contributed by atoms with Crippen molar-refractivity contribution >= 4 is 15.9 Å². The molecule has 0 fully saturated rings. The molecule has 2 rings (SSSR count). The molecule has 84 valence electrons. The van der Waals surface area contributed by atoms with Crippen molar-refractivity contribution in [2.45, 2.75) is 6.54 Å². The molecule has 2 aromatic rings. The van der Waals surface area contributed by atoms with Gasteiger partial charge in [0, 0.05) is 11.6 Å². The molecular weight excluding hydrogens is 280 g/mol. The van der Waals surface area contributed by atoms with Crippen LogP contribution < -0.4 is 5.73 Å². The van der Waals surface area contributed by atoms with E-state index < -0.39 is 11.6 Å². The number of hydrogen-bond donors (Lipinski definition) is 2. The molecule has 0 aliphatic rings. The monoisotopic (exact) mass is 287 g/mol. The summed E-state index contributed by atoms with van der Waals surface area (Å²) in [5, 5.41) is 0. The van der Waals surface area contributed by atoms with Crippen molar-refractivity contribution < 1.29 is 8.78 Å². The van der Waals surface area contributed by atoms with E-state index in [0.29, 0.717) is 16.1 Å². The van der Waals surface area contributed by atoms with Crippen LogP contribution in [-0.2, 0) is 6.54 Å². The summed E-state index contributed by atoms with van der Waals surface area (Å²) in [6, 6.07) is 3.34. The standard InChI is InChI=1S/C10H8BrF2N3/c11-10-9(15-8(4-14)16-10)6-2-1-5(12)3-7(6)13/h1-3H,4,14H2,(H,15,16). The van der Waals surface area contributed by atoms with Gasteiger partial charge in [0.25, 0.3) is 0 Å². The predicted octanol–water partition coefficient (Wildman–Crippen LogP) is 2.58. The summed E-state index contributed by atoms with van der Waals surface area (Å²) in [4.78, 5) is 6.95. The fraction of sp³-hybridized carbons (Fsp3) is 0.100. The molecule has 0 atom stereocenters. The van der Waals surface area contributed by atoms with Gasteiger partial charge in [0.1, 0.15) is 27.8 Å². The first kappa shape index (κ1) is 11.2. The highest BCUT2D eigenvalue weighted by atomic mass is 79.9. The molecule has 3 N–H and O–H groups in total. The Labute approximate surface area is 98.8 Å². The maximum absolute atomic E-state index is 13.5. The summed E-state index contributed by atoms with van der Waals surface area (Å²) in [5.74, 6) is -0.742. The number of benzene rings is 1. The third-order valence-electron chi connectivity index (χ3n) is 2.09. The van der Waals surface area contributed by atoms with E-state index in [1.165, 1.54) is 12.1 Å². The maximum Gasteiger partial charge on any atom is 0.135 e. The quantitative estimate of drug-likeness (QED) is 0.892. The fourth-order valence-electron chi connectivity index (χ4n) is 1.35. The number of H-pyrrole nitrogens is 1. The number of nitrogens with two attached hydrogens (primary N) is 1. The van der Waals surface area contributed by atoms with Crippen LogP contribution in [0.3, 0.4) is 0 Å². The molecule has 6 heteroatoms. The molecule has 0 radical (unpaired) electrons. The molecule has 1 heterocycles. The van der Waals surface area contributed by atoms with E-state index in [2.05, 4.69) is 25.9 Å². The second-order valence-corrected chi connectivity index (χ2v) is 3.97. The number of nitrogens with one attached hydrogen (secondary N) is 1. The minimum atomic E-state index is -0.657. The first-order valence-electron chi connectivity index (χ1n) is 4.51. The van der Waals surface area contributed by atoms with Gasteiger partial charge in [-0.2, -0.15) is 0 Å². The van der Waals surface area contributed by atoms with Crippen LogP contribution in [0.25, 0.3) is 11.3 Å². The van der Waals surface area contributed by atoms with Crippen molar-refractivity contribution in [1.82, 2.24) is 9.97 Å². The van der Waals surface area contributed by atoms with Crippen LogP contribution in [0.4, 0.5) is 8.78 Å². The van der Waals surface area contributed by atoms with E-state index in [4.69, 9.17) is 5.73 Å². The Balaban J connectivity index is 2.53. The van der Waals surface area contributed by atoms with Crippen LogP contribution in [0.1, 0.15) is 5.82 Å².